The van der Waals surface area contributed by atoms with Crippen molar-refractivity contribution in [2.45, 2.75) is 13.0 Å². The SMILES string of the molecule is CC(=O)Nc1cccc(NC(=O)C(=O)NCC(c2cccs2)N(C)C)c1. The summed E-state index contributed by atoms with van der Waals surface area (Å²) in [4.78, 5) is 38.4. The van der Waals surface area contributed by atoms with Crippen molar-refractivity contribution in [1.29, 1.82) is 0 Å². The predicted molar refractivity (Wildman–Crippen MR) is 103 cm³/mol. The van der Waals surface area contributed by atoms with Crippen LogP contribution in [0.2, 0.25) is 0 Å². The number of nitrogens with one attached hydrogen (secondary N) is 3. The third-order valence-electron chi connectivity index (χ3n) is 3.60. The van der Waals surface area contributed by atoms with Gasteiger partial charge in [-0.1, -0.05) is 12.1 Å². The van der Waals surface area contributed by atoms with E-state index in [2.05, 4.69) is 16.0 Å². The van der Waals surface area contributed by atoms with Crippen molar-refractivity contribution >= 4 is 40.4 Å². The minimum Gasteiger partial charge on any atom is -0.346 e. The van der Waals surface area contributed by atoms with E-state index < -0.39 is 11.8 Å². The Morgan fingerprint density at radius 1 is 1.04 bits per heavy atom. The Hall–Kier alpha value is -2.71. The molecule has 26 heavy (non-hydrogen) atoms. The maximum absolute atomic E-state index is 12.1. The molecule has 1 heterocycles. The van der Waals surface area contributed by atoms with Crippen LogP contribution in [0.5, 0.6) is 0 Å². The van der Waals surface area contributed by atoms with E-state index in [1.165, 1.54) is 6.92 Å². The lowest BCUT2D eigenvalue weighted by Crippen LogP contribution is -2.40. The topological polar surface area (TPSA) is 90.5 Å². The largest absolute Gasteiger partial charge is 0.346 e. The summed E-state index contributed by atoms with van der Waals surface area (Å²) in [5, 5.41) is 9.79. The highest BCUT2D eigenvalue weighted by Gasteiger charge is 2.19. The lowest BCUT2D eigenvalue weighted by Gasteiger charge is -2.23. The second-order valence-electron chi connectivity index (χ2n) is 5.92. The maximum atomic E-state index is 12.1. The first-order valence-corrected chi connectivity index (χ1v) is 8.91. The zero-order chi connectivity index (χ0) is 19.1. The van der Waals surface area contributed by atoms with Crippen LogP contribution in [0.1, 0.15) is 17.8 Å². The standard InChI is InChI=1S/C18H22N4O3S/c1-12(23)20-13-6-4-7-14(10-13)21-18(25)17(24)19-11-15(22(2)3)16-8-5-9-26-16/h4-10,15H,11H2,1-3H3,(H,19,24)(H,20,23)(H,21,25). The van der Waals surface area contributed by atoms with Crippen molar-refractivity contribution in [3.63, 3.8) is 0 Å². The van der Waals surface area contributed by atoms with E-state index in [4.69, 9.17) is 0 Å². The molecule has 1 atom stereocenters. The van der Waals surface area contributed by atoms with Gasteiger partial charge >= 0.3 is 11.8 Å². The Bertz CT molecular complexity index is 775. The molecule has 0 aliphatic rings. The molecule has 3 amide bonds. The molecule has 0 fully saturated rings. The Kier molecular flexibility index (Phi) is 6.88. The Balaban J connectivity index is 1.93. The van der Waals surface area contributed by atoms with Crippen LogP contribution in [0.4, 0.5) is 11.4 Å². The molecule has 0 saturated heterocycles. The molecular formula is C18H22N4O3S. The molecule has 1 aromatic heterocycles. The smallest absolute Gasteiger partial charge is 0.313 e. The number of carbonyl (C=O) groups is 3. The summed E-state index contributed by atoms with van der Waals surface area (Å²) in [6.07, 6.45) is 0. The third kappa shape index (κ3) is 5.68. The molecule has 8 heteroatoms. The fourth-order valence-corrected chi connectivity index (χ4v) is 3.28. The fraction of sp³-hybridized carbons (Fsp3) is 0.278. The van der Waals surface area contributed by atoms with E-state index in [1.807, 2.05) is 36.5 Å². The predicted octanol–water partition coefficient (Wildman–Crippen LogP) is 2.06. The highest BCUT2D eigenvalue weighted by molar-refractivity contribution is 7.10. The number of likely N-dealkylation sites (N-methyl/N-ethyl adjacent to an activating group) is 1. The molecule has 0 spiro atoms. The van der Waals surface area contributed by atoms with Crippen LogP contribution in [-0.2, 0) is 14.4 Å². The van der Waals surface area contributed by atoms with Gasteiger partial charge in [0.25, 0.3) is 0 Å². The average molecular weight is 374 g/mol. The summed E-state index contributed by atoms with van der Waals surface area (Å²) in [5.41, 5.74) is 0.972. The fourth-order valence-electron chi connectivity index (χ4n) is 2.35. The number of benzene rings is 1. The van der Waals surface area contributed by atoms with Gasteiger partial charge in [-0.25, -0.2) is 0 Å². The second-order valence-corrected chi connectivity index (χ2v) is 6.90. The van der Waals surface area contributed by atoms with Crippen LogP contribution < -0.4 is 16.0 Å². The van der Waals surface area contributed by atoms with Crippen molar-refractivity contribution in [2.24, 2.45) is 0 Å². The third-order valence-corrected chi connectivity index (χ3v) is 4.57. The highest BCUT2D eigenvalue weighted by atomic mass is 32.1. The van der Waals surface area contributed by atoms with Gasteiger partial charge in [0.2, 0.25) is 5.91 Å². The van der Waals surface area contributed by atoms with Gasteiger partial charge in [0.05, 0.1) is 6.04 Å². The van der Waals surface area contributed by atoms with Crippen molar-refractivity contribution in [3.05, 3.63) is 46.7 Å². The molecule has 2 rings (SSSR count). The second kappa shape index (κ2) is 9.12. The maximum Gasteiger partial charge on any atom is 0.313 e. The normalized spacial score (nSPS) is 11.7. The van der Waals surface area contributed by atoms with Crippen molar-refractivity contribution < 1.29 is 14.4 Å². The van der Waals surface area contributed by atoms with Crippen molar-refractivity contribution in [2.75, 3.05) is 31.3 Å². The summed E-state index contributed by atoms with van der Waals surface area (Å²) in [6, 6.07) is 10.5. The number of anilines is 2. The molecule has 1 unspecified atom stereocenters. The van der Waals surface area contributed by atoms with Gasteiger partial charge in [0.1, 0.15) is 0 Å². The highest BCUT2D eigenvalue weighted by Crippen LogP contribution is 2.22. The minimum atomic E-state index is -0.756. The number of carbonyl (C=O) groups excluding carboxylic acids is 3. The summed E-state index contributed by atoms with van der Waals surface area (Å²) >= 11 is 1.60. The van der Waals surface area contributed by atoms with E-state index in [0.29, 0.717) is 17.9 Å². The van der Waals surface area contributed by atoms with Crippen LogP contribution in [0.15, 0.2) is 41.8 Å². The number of nitrogens with zero attached hydrogens (tertiary/aromatic N) is 1. The van der Waals surface area contributed by atoms with E-state index in [1.54, 1.807) is 35.6 Å². The van der Waals surface area contributed by atoms with Crippen LogP contribution >= 0.6 is 11.3 Å². The van der Waals surface area contributed by atoms with Gasteiger partial charge in [0, 0.05) is 29.7 Å². The Labute approximate surface area is 156 Å². The summed E-state index contributed by atoms with van der Waals surface area (Å²) in [6.45, 7) is 1.72. The first-order chi connectivity index (χ1) is 12.4. The number of hydrogen-bond acceptors (Lipinski definition) is 5. The van der Waals surface area contributed by atoms with E-state index in [-0.39, 0.29) is 11.9 Å². The Morgan fingerprint density at radius 2 is 1.73 bits per heavy atom. The zero-order valence-corrected chi connectivity index (χ0v) is 15.7. The summed E-state index contributed by atoms with van der Waals surface area (Å²) < 4.78 is 0. The molecule has 138 valence electrons. The number of rotatable bonds is 6. The molecule has 0 saturated carbocycles. The average Bonchev–Trinajstić information content (AvgIpc) is 3.08. The van der Waals surface area contributed by atoms with Gasteiger partial charge in [-0.3, -0.25) is 14.4 Å². The van der Waals surface area contributed by atoms with Crippen molar-refractivity contribution in [1.82, 2.24) is 10.2 Å². The molecule has 0 bridgehead atoms. The molecule has 0 radical (unpaired) electrons. The van der Waals surface area contributed by atoms with Gasteiger partial charge < -0.3 is 20.9 Å². The van der Waals surface area contributed by atoms with Crippen LogP contribution in [-0.4, -0.2) is 43.3 Å². The van der Waals surface area contributed by atoms with Crippen LogP contribution in [0.25, 0.3) is 0 Å². The molecule has 7 nitrogen and oxygen atoms in total. The monoisotopic (exact) mass is 374 g/mol. The molecular weight excluding hydrogens is 352 g/mol. The lowest BCUT2D eigenvalue weighted by atomic mass is 10.2. The minimum absolute atomic E-state index is 0.00477. The van der Waals surface area contributed by atoms with Gasteiger partial charge in [-0.05, 0) is 43.7 Å². The van der Waals surface area contributed by atoms with E-state index >= 15 is 0 Å². The van der Waals surface area contributed by atoms with Crippen LogP contribution in [0, 0.1) is 0 Å². The molecule has 3 N–H and O–H groups in total. The summed E-state index contributed by atoms with van der Waals surface area (Å²) in [7, 11) is 3.84. The summed E-state index contributed by atoms with van der Waals surface area (Å²) in [5.74, 6) is -1.68. The van der Waals surface area contributed by atoms with Crippen molar-refractivity contribution in [3.8, 4) is 0 Å². The molecule has 0 aliphatic heterocycles. The first kappa shape index (κ1) is 19.6. The zero-order valence-electron chi connectivity index (χ0n) is 14.9. The Morgan fingerprint density at radius 3 is 2.31 bits per heavy atom. The van der Waals surface area contributed by atoms with E-state index in [9.17, 15) is 14.4 Å². The van der Waals surface area contributed by atoms with E-state index in [0.717, 1.165) is 4.88 Å². The molecule has 1 aromatic carbocycles. The molecule has 0 aliphatic carbocycles. The molecule has 2 aromatic rings. The van der Waals surface area contributed by atoms with Gasteiger partial charge in [-0.15, -0.1) is 11.3 Å². The van der Waals surface area contributed by atoms with Gasteiger partial charge in [-0.2, -0.15) is 0 Å². The number of amides is 3. The first-order valence-electron chi connectivity index (χ1n) is 8.03. The number of thiophene rings is 1. The quantitative estimate of drug-likeness (QED) is 0.675. The number of hydrogen-bond donors (Lipinski definition) is 3. The van der Waals surface area contributed by atoms with Crippen LogP contribution in [0.3, 0.4) is 0 Å². The lowest BCUT2D eigenvalue weighted by molar-refractivity contribution is -0.136. The van der Waals surface area contributed by atoms with Gasteiger partial charge in [0.15, 0.2) is 0 Å².